The largest absolute Gasteiger partial charge is 0.494 e. The molecule has 1 aliphatic rings. The second-order valence-electron chi connectivity index (χ2n) is 7.76. The number of carbonyl (C=O) groups is 1. The Hall–Kier alpha value is -3.14. The molecule has 0 spiro atoms. The summed E-state index contributed by atoms with van der Waals surface area (Å²) in [5.41, 5.74) is 0.183. The molecular formula is C22H27N5O4S. The van der Waals surface area contributed by atoms with Gasteiger partial charge in [0.15, 0.2) is 5.13 Å². The zero-order valence-corrected chi connectivity index (χ0v) is 19.3. The summed E-state index contributed by atoms with van der Waals surface area (Å²) >= 11 is 1.43. The molecule has 1 fully saturated rings. The van der Waals surface area contributed by atoms with Crippen LogP contribution in [0.25, 0.3) is 10.2 Å². The number of amides is 1. The molecule has 0 saturated carbocycles. The Morgan fingerprint density at radius 3 is 2.66 bits per heavy atom. The summed E-state index contributed by atoms with van der Waals surface area (Å²) in [5.74, 6) is 1.21. The highest BCUT2D eigenvalue weighted by molar-refractivity contribution is 7.22. The molecule has 4 rings (SSSR count). The van der Waals surface area contributed by atoms with Crippen molar-refractivity contribution in [2.24, 2.45) is 13.0 Å². The van der Waals surface area contributed by atoms with Gasteiger partial charge in [-0.3, -0.25) is 18.7 Å². The van der Waals surface area contributed by atoms with Gasteiger partial charge in [-0.25, -0.2) is 9.78 Å². The van der Waals surface area contributed by atoms with E-state index in [1.165, 1.54) is 24.5 Å². The van der Waals surface area contributed by atoms with Gasteiger partial charge < -0.3 is 15.0 Å². The highest BCUT2D eigenvalue weighted by Crippen LogP contribution is 2.30. The molecule has 1 N–H and O–H groups in total. The Morgan fingerprint density at radius 1 is 1.22 bits per heavy atom. The van der Waals surface area contributed by atoms with Crippen LogP contribution in [-0.4, -0.2) is 39.7 Å². The standard InChI is InChI=1S/C22H27N5O4S/c1-4-27-18(13-19(28)25(3)22(27)30)26-10-8-14(9-11-26)20(29)24-21-23-16-7-6-15(31-5-2)12-17(16)32-21/h6-7,12-14H,4-5,8-11H2,1-3H3,(H,23,24,29). The monoisotopic (exact) mass is 457 g/mol. The van der Waals surface area contributed by atoms with Crippen molar-refractivity contribution in [3.8, 4) is 5.75 Å². The molecule has 32 heavy (non-hydrogen) atoms. The van der Waals surface area contributed by atoms with Crippen LogP contribution in [0, 0.1) is 5.92 Å². The molecule has 0 unspecified atom stereocenters. The number of piperidine rings is 1. The molecule has 1 aliphatic heterocycles. The highest BCUT2D eigenvalue weighted by Gasteiger charge is 2.27. The second kappa shape index (κ2) is 9.15. The lowest BCUT2D eigenvalue weighted by Gasteiger charge is -2.34. The van der Waals surface area contributed by atoms with E-state index in [-0.39, 0.29) is 23.1 Å². The van der Waals surface area contributed by atoms with Gasteiger partial charge in [0.1, 0.15) is 11.6 Å². The summed E-state index contributed by atoms with van der Waals surface area (Å²) in [6, 6.07) is 7.20. The maximum atomic E-state index is 12.8. The maximum Gasteiger partial charge on any atom is 0.332 e. The topological polar surface area (TPSA) is 98.5 Å². The van der Waals surface area contributed by atoms with Crippen LogP contribution in [0.3, 0.4) is 0 Å². The fourth-order valence-corrected chi connectivity index (χ4v) is 4.91. The predicted molar refractivity (Wildman–Crippen MR) is 126 cm³/mol. The minimum atomic E-state index is -0.321. The first-order valence-corrected chi connectivity index (χ1v) is 11.6. The van der Waals surface area contributed by atoms with E-state index in [1.807, 2.05) is 36.9 Å². The Labute approximate surface area is 189 Å². The Kier molecular flexibility index (Phi) is 6.31. The molecule has 1 amide bonds. The molecular weight excluding hydrogens is 430 g/mol. The summed E-state index contributed by atoms with van der Waals surface area (Å²) in [6.45, 7) is 6.09. The van der Waals surface area contributed by atoms with E-state index in [9.17, 15) is 14.4 Å². The zero-order chi connectivity index (χ0) is 22.8. The summed E-state index contributed by atoms with van der Waals surface area (Å²) in [4.78, 5) is 43.9. The minimum Gasteiger partial charge on any atom is -0.494 e. The van der Waals surface area contributed by atoms with E-state index in [4.69, 9.17) is 4.74 Å². The fraction of sp³-hybridized carbons (Fsp3) is 0.455. The maximum absolute atomic E-state index is 12.8. The quantitative estimate of drug-likeness (QED) is 0.611. The first-order chi connectivity index (χ1) is 15.4. The van der Waals surface area contributed by atoms with Gasteiger partial charge in [0.25, 0.3) is 5.56 Å². The molecule has 3 aromatic rings. The average Bonchev–Trinajstić information content (AvgIpc) is 3.19. The van der Waals surface area contributed by atoms with Crippen molar-refractivity contribution < 1.29 is 9.53 Å². The van der Waals surface area contributed by atoms with Gasteiger partial charge in [-0.1, -0.05) is 11.3 Å². The van der Waals surface area contributed by atoms with Crippen LogP contribution in [-0.2, 0) is 18.4 Å². The second-order valence-corrected chi connectivity index (χ2v) is 8.79. The van der Waals surface area contributed by atoms with Crippen molar-refractivity contribution in [1.82, 2.24) is 14.1 Å². The lowest BCUT2D eigenvalue weighted by atomic mass is 9.96. The van der Waals surface area contributed by atoms with Crippen molar-refractivity contribution in [3.63, 3.8) is 0 Å². The van der Waals surface area contributed by atoms with Crippen LogP contribution in [0.5, 0.6) is 5.75 Å². The fourth-order valence-electron chi connectivity index (χ4n) is 4.01. The molecule has 170 valence electrons. The number of hydrogen-bond donors (Lipinski definition) is 1. The van der Waals surface area contributed by atoms with E-state index in [2.05, 4.69) is 10.3 Å². The van der Waals surface area contributed by atoms with E-state index >= 15 is 0 Å². The van der Waals surface area contributed by atoms with Crippen LogP contribution >= 0.6 is 11.3 Å². The van der Waals surface area contributed by atoms with Crippen LogP contribution < -0.4 is 26.2 Å². The third-order valence-corrected chi connectivity index (χ3v) is 6.72. The molecule has 1 saturated heterocycles. The number of nitrogens with zero attached hydrogens (tertiary/aromatic N) is 4. The molecule has 0 radical (unpaired) electrons. The number of nitrogens with one attached hydrogen (secondary N) is 1. The minimum absolute atomic E-state index is 0.0504. The van der Waals surface area contributed by atoms with Crippen molar-refractivity contribution in [2.45, 2.75) is 33.2 Å². The average molecular weight is 458 g/mol. The number of ether oxygens (including phenoxy) is 1. The Bertz CT molecular complexity index is 1250. The molecule has 0 bridgehead atoms. The number of benzene rings is 1. The number of rotatable bonds is 6. The smallest absolute Gasteiger partial charge is 0.332 e. The normalized spacial score (nSPS) is 14.7. The summed E-state index contributed by atoms with van der Waals surface area (Å²) < 4.78 is 9.20. The van der Waals surface area contributed by atoms with Crippen molar-refractivity contribution in [1.29, 1.82) is 0 Å². The molecule has 3 heterocycles. The van der Waals surface area contributed by atoms with Crippen LogP contribution in [0.15, 0.2) is 33.9 Å². The molecule has 0 atom stereocenters. The lowest BCUT2D eigenvalue weighted by molar-refractivity contribution is -0.120. The van der Waals surface area contributed by atoms with E-state index < -0.39 is 0 Å². The molecule has 2 aromatic heterocycles. The van der Waals surface area contributed by atoms with Crippen molar-refractivity contribution in [3.05, 3.63) is 45.1 Å². The first kappa shape index (κ1) is 22.1. The number of carbonyl (C=O) groups excluding carboxylic acids is 1. The molecule has 9 nitrogen and oxygen atoms in total. The molecule has 10 heteroatoms. The van der Waals surface area contributed by atoms with Crippen LogP contribution in [0.2, 0.25) is 0 Å². The van der Waals surface area contributed by atoms with Gasteiger partial charge in [0.05, 0.1) is 16.8 Å². The van der Waals surface area contributed by atoms with Gasteiger partial charge in [-0.15, -0.1) is 0 Å². The van der Waals surface area contributed by atoms with E-state index in [0.717, 1.165) is 20.5 Å². The SMILES string of the molecule is CCOc1ccc2nc(NC(=O)C3CCN(c4cc(=O)n(C)c(=O)n4CC)CC3)sc2c1. The third-order valence-electron chi connectivity index (χ3n) is 5.78. The third kappa shape index (κ3) is 4.27. The van der Waals surface area contributed by atoms with E-state index in [0.29, 0.717) is 50.0 Å². The number of hydrogen-bond acceptors (Lipinski definition) is 7. The summed E-state index contributed by atoms with van der Waals surface area (Å²) in [5, 5.41) is 3.53. The van der Waals surface area contributed by atoms with Crippen LogP contribution in [0.4, 0.5) is 10.9 Å². The van der Waals surface area contributed by atoms with Gasteiger partial charge in [0.2, 0.25) is 5.91 Å². The number of thiazole rings is 1. The lowest BCUT2D eigenvalue weighted by Crippen LogP contribution is -2.44. The molecule has 1 aromatic carbocycles. The summed E-state index contributed by atoms with van der Waals surface area (Å²) in [6.07, 6.45) is 1.27. The van der Waals surface area contributed by atoms with Crippen molar-refractivity contribution >= 4 is 38.4 Å². The molecule has 0 aliphatic carbocycles. The Morgan fingerprint density at radius 2 is 1.97 bits per heavy atom. The van der Waals surface area contributed by atoms with Crippen molar-refractivity contribution in [2.75, 3.05) is 29.9 Å². The van der Waals surface area contributed by atoms with Gasteiger partial charge in [0, 0.05) is 38.7 Å². The number of fused-ring (bicyclic) bond motifs is 1. The zero-order valence-electron chi connectivity index (χ0n) is 18.5. The van der Waals surface area contributed by atoms with Gasteiger partial charge >= 0.3 is 5.69 Å². The predicted octanol–water partition coefficient (Wildman–Crippen LogP) is 2.43. The van der Waals surface area contributed by atoms with Crippen LogP contribution in [0.1, 0.15) is 26.7 Å². The first-order valence-electron chi connectivity index (χ1n) is 10.8. The highest BCUT2D eigenvalue weighted by atomic mass is 32.1. The Balaban J connectivity index is 1.43. The van der Waals surface area contributed by atoms with Gasteiger partial charge in [-0.05, 0) is 44.9 Å². The van der Waals surface area contributed by atoms with E-state index in [1.54, 1.807) is 4.57 Å². The summed E-state index contributed by atoms with van der Waals surface area (Å²) in [7, 11) is 1.48. The number of aromatic nitrogens is 3. The number of anilines is 2. The van der Waals surface area contributed by atoms with Gasteiger partial charge in [-0.2, -0.15) is 0 Å².